The Morgan fingerprint density at radius 2 is 0.690 bits per heavy atom. The summed E-state index contributed by atoms with van der Waals surface area (Å²) in [6, 6.07) is 55.6. The number of carboxylic acid groups (broad SMARTS) is 3. The maximum Gasteiger partial charge on any atom is 0.335 e. The molecule has 18 nitrogen and oxygen atoms in total. The lowest BCUT2D eigenvalue weighted by molar-refractivity contribution is -0.117. The average Bonchev–Trinajstić information content (AvgIpc) is 3.52. The molecular formula is C65H62ClN3O15. The number of hydrogen-bond donors (Lipinski definition) is 6. The van der Waals surface area contributed by atoms with Gasteiger partial charge in [0.25, 0.3) is 11.8 Å². The number of benzene rings is 8. The monoisotopic (exact) mass is 1160 g/mol. The average molecular weight is 1160 g/mol. The summed E-state index contributed by atoms with van der Waals surface area (Å²) in [5.41, 5.74) is 3.15. The van der Waals surface area contributed by atoms with Crippen LogP contribution in [0.3, 0.4) is 0 Å². The Morgan fingerprint density at radius 1 is 0.369 bits per heavy atom. The second-order valence-corrected chi connectivity index (χ2v) is 19.5. The molecular weight excluding hydrogens is 1100 g/mol. The molecule has 0 saturated carbocycles. The van der Waals surface area contributed by atoms with Gasteiger partial charge < -0.3 is 59.7 Å². The Morgan fingerprint density at radius 3 is 1.06 bits per heavy atom. The third-order valence-electron chi connectivity index (χ3n) is 11.4. The molecule has 0 saturated heterocycles. The molecule has 0 radical (unpaired) electrons. The molecule has 0 aliphatic rings. The quantitative estimate of drug-likeness (QED) is 0.0308. The number of amides is 3. The fraction of sp³-hybridized carbons (Fsp3) is 0.169. The van der Waals surface area contributed by atoms with Crippen LogP contribution in [0.5, 0.6) is 34.5 Å². The Balaban J connectivity index is 0.000000202. The van der Waals surface area contributed by atoms with Gasteiger partial charge in [0.05, 0.1) is 44.3 Å². The lowest BCUT2D eigenvalue weighted by Gasteiger charge is -2.18. The Kier molecular flexibility index (Phi) is 24.1. The molecule has 0 aliphatic carbocycles. The minimum Gasteiger partial charge on any atom is -0.490 e. The van der Waals surface area contributed by atoms with Crippen molar-refractivity contribution in [2.45, 2.75) is 27.2 Å². The number of carbonyl (C=O) groups excluding carboxylic acids is 3. The zero-order valence-corrected chi connectivity index (χ0v) is 46.9. The molecule has 0 bridgehead atoms. The van der Waals surface area contributed by atoms with Crippen molar-refractivity contribution in [2.75, 3.05) is 55.6 Å². The number of rotatable bonds is 24. The van der Waals surface area contributed by atoms with Crippen LogP contribution in [0.4, 0.5) is 17.1 Å². The van der Waals surface area contributed by atoms with E-state index in [9.17, 15) is 28.8 Å². The van der Waals surface area contributed by atoms with Gasteiger partial charge in [0, 0.05) is 12.0 Å². The van der Waals surface area contributed by atoms with Gasteiger partial charge in [-0.15, -0.1) is 0 Å². The third kappa shape index (κ3) is 21.3. The number of carboxylic acids is 3. The summed E-state index contributed by atoms with van der Waals surface area (Å²) in [7, 11) is 0. The number of aromatic carboxylic acids is 3. The van der Waals surface area contributed by atoms with Crippen LogP contribution >= 0.6 is 11.6 Å². The molecule has 0 aliphatic heterocycles. The highest BCUT2D eigenvalue weighted by Gasteiger charge is 2.18. The van der Waals surface area contributed by atoms with Gasteiger partial charge in [0.15, 0.2) is 0 Å². The van der Waals surface area contributed by atoms with Crippen molar-refractivity contribution in [2.24, 2.45) is 5.41 Å². The van der Waals surface area contributed by atoms with Crippen molar-refractivity contribution in [1.82, 2.24) is 0 Å². The summed E-state index contributed by atoms with van der Waals surface area (Å²) in [5, 5.41) is 35.5. The van der Waals surface area contributed by atoms with Crippen molar-refractivity contribution in [3.8, 4) is 34.5 Å². The van der Waals surface area contributed by atoms with Crippen LogP contribution < -0.4 is 44.4 Å². The lowest BCUT2D eigenvalue weighted by Crippen LogP contribution is -2.20. The first-order valence-electron chi connectivity index (χ1n) is 26.2. The predicted molar refractivity (Wildman–Crippen MR) is 319 cm³/mol. The zero-order valence-electron chi connectivity index (χ0n) is 46.1. The lowest BCUT2D eigenvalue weighted by atomic mass is 9.92. The van der Waals surface area contributed by atoms with Crippen molar-refractivity contribution in [3.63, 3.8) is 0 Å². The highest BCUT2D eigenvalue weighted by atomic mass is 35.5. The van der Waals surface area contributed by atoms with Crippen LogP contribution in [-0.4, -0.2) is 90.6 Å². The fourth-order valence-corrected chi connectivity index (χ4v) is 7.62. The second kappa shape index (κ2) is 32.2. The van der Waals surface area contributed by atoms with Crippen LogP contribution in [0, 0.1) is 5.41 Å². The first-order valence-corrected chi connectivity index (χ1v) is 26.6. The molecule has 0 aromatic heterocycles. The minimum atomic E-state index is -0.990. The molecule has 84 heavy (non-hydrogen) atoms. The second-order valence-electron chi connectivity index (χ2n) is 19.1. The van der Waals surface area contributed by atoms with Crippen LogP contribution in [-0.2, 0) is 4.79 Å². The van der Waals surface area contributed by atoms with E-state index in [1.165, 1.54) is 36.4 Å². The normalized spacial score (nSPS) is 10.4. The largest absolute Gasteiger partial charge is 0.490 e. The summed E-state index contributed by atoms with van der Waals surface area (Å²) in [5.74, 6) is -0.289. The molecule has 8 rings (SSSR count). The van der Waals surface area contributed by atoms with E-state index in [4.69, 9.17) is 55.3 Å². The van der Waals surface area contributed by atoms with Crippen molar-refractivity contribution in [1.29, 1.82) is 0 Å². The zero-order chi connectivity index (χ0) is 60.3. The summed E-state index contributed by atoms with van der Waals surface area (Å²) in [6.07, 6.45) is 0.413. The summed E-state index contributed by atoms with van der Waals surface area (Å²) in [6.45, 7) is 7.62. The maximum absolute atomic E-state index is 12.5. The molecule has 434 valence electrons. The summed E-state index contributed by atoms with van der Waals surface area (Å²) >= 11 is 6.07. The highest BCUT2D eigenvalue weighted by molar-refractivity contribution is 6.34. The molecule has 8 aromatic rings. The van der Waals surface area contributed by atoms with E-state index in [1.54, 1.807) is 133 Å². The van der Waals surface area contributed by atoms with Gasteiger partial charge in [-0.1, -0.05) is 99.1 Å². The van der Waals surface area contributed by atoms with Gasteiger partial charge in [-0.2, -0.15) is 0 Å². The van der Waals surface area contributed by atoms with Gasteiger partial charge in [-0.25, -0.2) is 14.4 Å². The number of carbonyl (C=O) groups is 6. The number of hydrogen-bond acceptors (Lipinski definition) is 12. The number of para-hydroxylation sites is 6. The van der Waals surface area contributed by atoms with Crippen LogP contribution in [0.25, 0.3) is 0 Å². The fourth-order valence-electron chi connectivity index (χ4n) is 7.40. The highest BCUT2D eigenvalue weighted by Crippen LogP contribution is 2.29. The van der Waals surface area contributed by atoms with Crippen molar-refractivity contribution in [3.05, 3.63) is 233 Å². The first kappa shape index (κ1) is 62.9. The van der Waals surface area contributed by atoms with Gasteiger partial charge in [-0.05, 0) is 139 Å². The van der Waals surface area contributed by atoms with Crippen LogP contribution in [0.15, 0.2) is 200 Å². The standard InChI is InChI=1S/C22H18ClNO5.C22H19NO5.C21H25NO5/c23-18-6-2-1-5-17(18)21(25)24-19-7-3-4-8-20(19)29-14-13-28-16-11-9-15(10-12-16)22(26)27;24-21(16-6-2-1-3-7-16)23-19-8-4-5-9-20(19)28-15-14-27-18-12-10-17(11-13-18)22(25)26;1-21(2,3)14-19(23)22-17-6-4-5-7-18(17)27-13-12-26-16-10-8-15(9-11-16)20(24)25/h1-12H,13-14H2,(H,24,25)(H,26,27);1-13H,14-15H2,(H,23,24)(H,25,26);4-11H,12-14H2,1-3H3,(H,22,23)(H,24,25). The molecule has 0 spiro atoms. The molecule has 0 unspecified atom stereocenters. The molecule has 0 fully saturated rings. The molecule has 19 heteroatoms. The van der Waals surface area contributed by atoms with E-state index in [0.717, 1.165) is 0 Å². The van der Waals surface area contributed by atoms with Gasteiger partial charge in [0.2, 0.25) is 5.91 Å². The minimum absolute atomic E-state index is 0.0617. The molecule has 3 amide bonds. The summed E-state index contributed by atoms with van der Waals surface area (Å²) < 4.78 is 33.8. The third-order valence-corrected chi connectivity index (χ3v) is 11.7. The van der Waals surface area contributed by atoms with E-state index in [1.807, 2.05) is 51.1 Å². The number of nitrogens with one attached hydrogen (secondary N) is 3. The predicted octanol–water partition coefficient (Wildman–Crippen LogP) is 13.1. The van der Waals surface area contributed by atoms with Crippen molar-refractivity contribution < 1.29 is 72.5 Å². The molecule has 0 atom stereocenters. The van der Waals surface area contributed by atoms with Gasteiger partial charge >= 0.3 is 17.9 Å². The van der Waals surface area contributed by atoms with Gasteiger partial charge in [-0.3, -0.25) is 14.4 Å². The van der Waals surface area contributed by atoms with Gasteiger partial charge in [0.1, 0.15) is 74.1 Å². The number of ether oxygens (including phenoxy) is 6. The number of halogens is 1. The van der Waals surface area contributed by atoms with E-state index < -0.39 is 17.9 Å². The van der Waals surface area contributed by atoms with Crippen molar-refractivity contribution >= 4 is 64.3 Å². The van der Waals surface area contributed by atoms with E-state index in [-0.39, 0.29) is 79.5 Å². The smallest absolute Gasteiger partial charge is 0.335 e. The SMILES string of the molecule is CC(C)(C)CC(=O)Nc1ccccc1OCCOc1ccc(C(=O)O)cc1.O=C(O)c1ccc(OCCOc2ccccc2NC(=O)c2ccccc2)cc1.O=C(O)c1ccc(OCCOc2ccccc2NC(=O)c2ccccc2Cl)cc1. The topological polar surface area (TPSA) is 255 Å². The number of anilines is 3. The molecule has 8 aromatic carbocycles. The molecule has 0 heterocycles. The van der Waals surface area contributed by atoms with E-state index in [0.29, 0.717) is 74.1 Å². The van der Waals surface area contributed by atoms with E-state index in [2.05, 4.69) is 16.0 Å². The Hall–Kier alpha value is -10.3. The van der Waals surface area contributed by atoms with Crippen LogP contribution in [0.1, 0.15) is 79.0 Å². The van der Waals surface area contributed by atoms with Crippen LogP contribution in [0.2, 0.25) is 5.02 Å². The Labute approximate surface area is 490 Å². The van der Waals surface area contributed by atoms with E-state index >= 15 is 0 Å². The maximum atomic E-state index is 12.5. The molecule has 6 N–H and O–H groups in total. The summed E-state index contributed by atoms with van der Waals surface area (Å²) in [4.78, 5) is 69.4. The Bertz CT molecular complexity index is 3450. The first-order chi connectivity index (χ1) is 40.4.